The standard InChI is InChI=1S/C21H24ClN7O2/c1-13(24-20(30)15-6-4-5-7-17(15)22)21(31)29-10-8-28(9-11-29)19-16-12-23-27(3)18(16)25-14(2)26-19/h4-7,12-13H,8-11H2,1-3H3,(H,24,30). The lowest BCUT2D eigenvalue weighted by atomic mass is 10.2. The van der Waals surface area contributed by atoms with Crippen LogP contribution in [0, 0.1) is 6.92 Å². The minimum atomic E-state index is -0.651. The summed E-state index contributed by atoms with van der Waals surface area (Å²) in [6.07, 6.45) is 1.77. The van der Waals surface area contributed by atoms with E-state index in [-0.39, 0.29) is 11.8 Å². The highest BCUT2D eigenvalue weighted by Gasteiger charge is 2.28. The summed E-state index contributed by atoms with van der Waals surface area (Å²) in [6.45, 7) is 5.90. The summed E-state index contributed by atoms with van der Waals surface area (Å²) in [5.74, 6) is 1.04. The Labute approximate surface area is 185 Å². The van der Waals surface area contributed by atoms with Gasteiger partial charge in [0.25, 0.3) is 5.91 Å². The maximum atomic E-state index is 12.9. The monoisotopic (exact) mass is 441 g/mol. The number of nitrogens with zero attached hydrogens (tertiary/aromatic N) is 6. The lowest BCUT2D eigenvalue weighted by Crippen LogP contribution is -2.54. The Bertz CT molecular complexity index is 1140. The van der Waals surface area contributed by atoms with Gasteiger partial charge in [0.1, 0.15) is 17.7 Å². The van der Waals surface area contributed by atoms with Gasteiger partial charge in [0.15, 0.2) is 5.65 Å². The number of carbonyl (C=O) groups is 2. The van der Waals surface area contributed by atoms with Gasteiger partial charge in [-0.1, -0.05) is 23.7 Å². The van der Waals surface area contributed by atoms with Crippen LogP contribution in [-0.4, -0.2) is 68.7 Å². The van der Waals surface area contributed by atoms with Gasteiger partial charge in [-0.05, 0) is 26.0 Å². The number of nitrogens with one attached hydrogen (secondary N) is 1. The Balaban J connectivity index is 1.40. The molecule has 1 unspecified atom stereocenters. The van der Waals surface area contributed by atoms with Crippen molar-refractivity contribution in [2.75, 3.05) is 31.1 Å². The molecular weight excluding hydrogens is 418 g/mol. The average Bonchev–Trinajstić information content (AvgIpc) is 3.13. The second-order valence-corrected chi connectivity index (χ2v) is 7.99. The van der Waals surface area contributed by atoms with Gasteiger partial charge in [-0.3, -0.25) is 14.3 Å². The van der Waals surface area contributed by atoms with Crippen LogP contribution in [0.25, 0.3) is 11.0 Å². The second-order valence-electron chi connectivity index (χ2n) is 7.59. The summed E-state index contributed by atoms with van der Waals surface area (Å²) < 4.78 is 1.73. The van der Waals surface area contributed by atoms with Crippen LogP contribution >= 0.6 is 11.6 Å². The van der Waals surface area contributed by atoms with E-state index in [1.54, 1.807) is 47.0 Å². The van der Waals surface area contributed by atoms with Crippen LogP contribution in [0.5, 0.6) is 0 Å². The molecule has 4 rings (SSSR count). The van der Waals surface area contributed by atoms with Crippen molar-refractivity contribution in [2.45, 2.75) is 19.9 Å². The fourth-order valence-corrected chi connectivity index (χ4v) is 3.97. The highest BCUT2D eigenvalue weighted by atomic mass is 35.5. The molecule has 0 saturated carbocycles. The Morgan fingerprint density at radius 3 is 2.55 bits per heavy atom. The Kier molecular flexibility index (Phi) is 5.77. The lowest BCUT2D eigenvalue weighted by Gasteiger charge is -2.36. The molecule has 0 bridgehead atoms. The van der Waals surface area contributed by atoms with E-state index in [1.165, 1.54) is 0 Å². The number of benzene rings is 1. The number of aryl methyl sites for hydroxylation is 2. The molecule has 1 aromatic carbocycles. The van der Waals surface area contributed by atoms with Crippen molar-refractivity contribution in [3.05, 3.63) is 46.9 Å². The fraction of sp³-hybridized carbons (Fsp3) is 0.381. The second kappa shape index (κ2) is 8.50. The van der Waals surface area contributed by atoms with Crippen molar-refractivity contribution < 1.29 is 9.59 Å². The number of aromatic nitrogens is 4. The van der Waals surface area contributed by atoms with Crippen LogP contribution in [0.3, 0.4) is 0 Å². The molecule has 2 aromatic heterocycles. The smallest absolute Gasteiger partial charge is 0.253 e. The molecule has 31 heavy (non-hydrogen) atoms. The summed E-state index contributed by atoms with van der Waals surface area (Å²) >= 11 is 6.08. The van der Waals surface area contributed by atoms with Gasteiger partial charge < -0.3 is 15.1 Å². The number of anilines is 1. The third-order valence-electron chi connectivity index (χ3n) is 5.41. The minimum Gasteiger partial charge on any atom is -0.352 e. The van der Waals surface area contributed by atoms with Crippen LogP contribution in [-0.2, 0) is 11.8 Å². The van der Waals surface area contributed by atoms with Crippen molar-refractivity contribution >= 4 is 40.3 Å². The number of hydrogen-bond donors (Lipinski definition) is 1. The predicted molar refractivity (Wildman–Crippen MR) is 118 cm³/mol. The molecule has 1 atom stereocenters. The first-order chi connectivity index (χ1) is 14.8. The zero-order valence-electron chi connectivity index (χ0n) is 17.7. The van der Waals surface area contributed by atoms with Gasteiger partial charge in [0.05, 0.1) is 22.2 Å². The van der Waals surface area contributed by atoms with Crippen LogP contribution in [0.4, 0.5) is 5.82 Å². The van der Waals surface area contributed by atoms with Crippen molar-refractivity contribution in [3.63, 3.8) is 0 Å². The number of amides is 2. The zero-order chi connectivity index (χ0) is 22.1. The minimum absolute atomic E-state index is 0.120. The van der Waals surface area contributed by atoms with Crippen LogP contribution in [0.2, 0.25) is 5.02 Å². The lowest BCUT2D eigenvalue weighted by molar-refractivity contribution is -0.133. The quantitative estimate of drug-likeness (QED) is 0.663. The molecule has 1 N–H and O–H groups in total. The van der Waals surface area contributed by atoms with Gasteiger partial charge in [-0.15, -0.1) is 0 Å². The molecule has 3 aromatic rings. The number of carbonyl (C=O) groups excluding carboxylic acids is 2. The summed E-state index contributed by atoms with van der Waals surface area (Å²) in [6, 6.07) is 6.13. The summed E-state index contributed by atoms with van der Waals surface area (Å²) in [5, 5.41) is 8.30. The van der Waals surface area contributed by atoms with E-state index >= 15 is 0 Å². The molecule has 162 valence electrons. The highest BCUT2D eigenvalue weighted by Crippen LogP contribution is 2.24. The van der Waals surface area contributed by atoms with Gasteiger partial charge in [-0.2, -0.15) is 5.10 Å². The zero-order valence-corrected chi connectivity index (χ0v) is 18.4. The van der Waals surface area contributed by atoms with E-state index in [0.29, 0.717) is 42.6 Å². The summed E-state index contributed by atoms with van der Waals surface area (Å²) in [5.41, 5.74) is 1.14. The Hall–Kier alpha value is -3.20. The average molecular weight is 442 g/mol. The topological polar surface area (TPSA) is 96.3 Å². The van der Waals surface area contributed by atoms with Crippen molar-refractivity contribution in [1.29, 1.82) is 0 Å². The first kappa shape index (κ1) is 21.0. The van der Waals surface area contributed by atoms with E-state index in [9.17, 15) is 9.59 Å². The number of rotatable bonds is 4. The van der Waals surface area contributed by atoms with Crippen LogP contribution in [0.15, 0.2) is 30.5 Å². The Morgan fingerprint density at radius 2 is 1.84 bits per heavy atom. The normalized spacial score (nSPS) is 15.2. The van der Waals surface area contributed by atoms with Crippen molar-refractivity contribution in [1.82, 2.24) is 30.0 Å². The molecule has 9 nitrogen and oxygen atoms in total. The maximum Gasteiger partial charge on any atom is 0.253 e. The molecule has 1 aliphatic heterocycles. The van der Waals surface area contributed by atoms with Crippen molar-refractivity contribution in [3.8, 4) is 0 Å². The van der Waals surface area contributed by atoms with Crippen LogP contribution in [0.1, 0.15) is 23.1 Å². The van der Waals surface area contributed by atoms with E-state index in [0.717, 1.165) is 16.9 Å². The first-order valence-electron chi connectivity index (χ1n) is 10.1. The fourth-order valence-electron chi connectivity index (χ4n) is 3.75. The number of piperazine rings is 1. The largest absolute Gasteiger partial charge is 0.352 e. The molecule has 3 heterocycles. The molecule has 2 amide bonds. The third-order valence-corrected chi connectivity index (χ3v) is 5.74. The van der Waals surface area contributed by atoms with E-state index in [1.807, 2.05) is 14.0 Å². The van der Waals surface area contributed by atoms with Gasteiger partial charge in [-0.25, -0.2) is 9.97 Å². The van der Waals surface area contributed by atoms with Gasteiger partial charge in [0, 0.05) is 33.2 Å². The molecule has 1 saturated heterocycles. The number of hydrogen-bond acceptors (Lipinski definition) is 6. The van der Waals surface area contributed by atoms with Gasteiger partial charge >= 0.3 is 0 Å². The molecular formula is C21H24ClN7O2. The van der Waals surface area contributed by atoms with E-state index in [2.05, 4.69) is 25.3 Å². The molecule has 1 aliphatic rings. The highest BCUT2D eigenvalue weighted by molar-refractivity contribution is 6.33. The van der Waals surface area contributed by atoms with E-state index in [4.69, 9.17) is 11.6 Å². The molecule has 0 aliphatic carbocycles. The SMILES string of the molecule is Cc1nc(N2CCN(C(=O)C(C)NC(=O)c3ccccc3Cl)CC2)c2cnn(C)c2n1. The summed E-state index contributed by atoms with van der Waals surface area (Å²) in [4.78, 5) is 38.3. The summed E-state index contributed by atoms with van der Waals surface area (Å²) in [7, 11) is 1.85. The molecule has 1 fully saturated rings. The van der Waals surface area contributed by atoms with Gasteiger partial charge in [0.2, 0.25) is 5.91 Å². The number of halogens is 1. The Morgan fingerprint density at radius 1 is 1.13 bits per heavy atom. The number of fused-ring (bicyclic) bond motifs is 1. The van der Waals surface area contributed by atoms with Crippen molar-refractivity contribution in [2.24, 2.45) is 7.05 Å². The third kappa shape index (κ3) is 4.18. The first-order valence-corrected chi connectivity index (χ1v) is 10.5. The predicted octanol–water partition coefficient (Wildman–Crippen LogP) is 1.79. The van der Waals surface area contributed by atoms with E-state index < -0.39 is 6.04 Å². The maximum absolute atomic E-state index is 12.9. The van der Waals surface area contributed by atoms with Crippen LogP contribution < -0.4 is 10.2 Å². The molecule has 10 heteroatoms. The molecule has 0 radical (unpaired) electrons. The molecule has 0 spiro atoms.